The Labute approximate surface area is 228 Å². The molecule has 1 unspecified atom stereocenters. The lowest BCUT2D eigenvalue weighted by atomic mass is 9.90. The summed E-state index contributed by atoms with van der Waals surface area (Å²) < 4.78 is 11.1. The van der Waals surface area contributed by atoms with Crippen LogP contribution in [0.25, 0.3) is 0 Å². The molecule has 0 heterocycles. The summed E-state index contributed by atoms with van der Waals surface area (Å²) in [6, 6.07) is 14.0. The van der Waals surface area contributed by atoms with Crippen molar-refractivity contribution in [2.45, 2.75) is 77.9 Å². The molecule has 0 aromatic heterocycles. The summed E-state index contributed by atoms with van der Waals surface area (Å²) in [5, 5.41) is 6.09. The molecule has 0 saturated heterocycles. The molecule has 1 fully saturated rings. The van der Waals surface area contributed by atoms with Crippen molar-refractivity contribution >= 4 is 28.9 Å². The normalized spacial score (nSPS) is 18.2. The molecule has 38 heavy (non-hydrogen) atoms. The van der Waals surface area contributed by atoms with Gasteiger partial charge in [0.1, 0.15) is 5.78 Å². The van der Waals surface area contributed by atoms with Crippen LogP contribution < -0.4 is 15.5 Å². The van der Waals surface area contributed by atoms with Crippen molar-refractivity contribution in [2.75, 3.05) is 42.9 Å². The Balaban J connectivity index is 1.97. The average Bonchev–Trinajstić information content (AvgIpc) is 2.88. The first-order valence-electron chi connectivity index (χ1n) is 13.8. The van der Waals surface area contributed by atoms with Crippen molar-refractivity contribution in [1.82, 2.24) is 0 Å². The molecule has 1 saturated carbocycles. The lowest BCUT2D eigenvalue weighted by molar-refractivity contribution is -0.117. The predicted molar refractivity (Wildman–Crippen MR) is 155 cm³/mol. The maximum Gasteiger partial charge on any atom is 0.323 e. The number of hydrogen-bond donors (Lipinski definition) is 2. The number of rotatable bonds is 12. The number of ketones is 1. The third-order valence-corrected chi connectivity index (χ3v) is 7.24. The Morgan fingerprint density at radius 2 is 1.68 bits per heavy atom. The highest BCUT2D eigenvalue weighted by Gasteiger charge is 2.29. The van der Waals surface area contributed by atoms with Gasteiger partial charge < -0.3 is 29.8 Å². The van der Waals surface area contributed by atoms with Crippen LogP contribution in [-0.4, -0.2) is 51.3 Å². The molecular formula is C31H45N3O4. The van der Waals surface area contributed by atoms with Crippen LogP contribution in [0, 0.1) is 12.8 Å². The number of carbonyl (C=O) groups excluding carboxylic acids is 2. The molecular weight excluding hydrogens is 478 g/mol. The smallest absolute Gasteiger partial charge is 0.323 e. The van der Waals surface area contributed by atoms with Gasteiger partial charge in [0.05, 0.1) is 24.1 Å². The molecule has 3 rings (SSSR count). The molecule has 2 N–H and O–H groups in total. The second-order valence-corrected chi connectivity index (χ2v) is 11.0. The van der Waals surface area contributed by atoms with E-state index < -0.39 is 0 Å². The van der Waals surface area contributed by atoms with Crippen LogP contribution >= 0.6 is 0 Å². The van der Waals surface area contributed by atoms with Gasteiger partial charge in [0.2, 0.25) is 0 Å². The Morgan fingerprint density at radius 3 is 2.26 bits per heavy atom. The van der Waals surface area contributed by atoms with E-state index in [0.717, 1.165) is 60.4 Å². The van der Waals surface area contributed by atoms with Gasteiger partial charge in [0, 0.05) is 44.8 Å². The largest absolute Gasteiger partial charge is 0.384 e. The summed E-state index contributed by atoms with van der Waals surface area (Å²) in [5.74, 6) is 0.477. The Morgan fingerprint density at radius 1 is 1.00 bits per heavy atom. The first kappa shape index (κ1) is 29.7. The number of anilines is 3. The summed E-state index contributed by atoms with van der Waals surface area (Å²) in [7, 11) is 3.44. The fraction of sp³-hybridized carbons (Fsp3) is 0.548. The zero-order chi connectivity index (χ0) is 27.7. The van der Waals surface area contributed by atoms with E-state index in [1.807, 2.05) is 37.3 Å². The van der Waals surface area contributed by atoms with Crippen molar-refractivity contribution < 1.29 is 19.1 Å². The molecule has 1 aliphatic rings. The fourth-order valence-electron chi connectivity index (χ4n) is 5.33. The number of Topliss-reactive ketones (excluding diaryl/α,β-unsaturated/α-hetero) is 1. The zero-order valence-corrected chi connectivity index (χ0v) is 23.9. The predicted octanol–water partition coefficient (Wildman–Crippen LogP) is 6.77. The monoisotopic (exact) mass is 523 g/mol. The quantitative estimate of drug-likeness (QED) is 0.321. The van der Waals surface area contributed by atoms with Gasteiger partial charge in [-0.25, -0.2) is 4.79 Å². The maximum atomic E-state index is 13.2. The van der Waals surface area contributed by atoms with Crippen LogP contribution in [0.3, 0.4) is 0 Å². The number of amides is 2. The molecule has 0 radical (unpaired) electrons. The van der Waals surface area contributed by atoms with Gasteiger partial charge in [0.25, 0.3) is 0 Å². The van der Waals surface area contributed by atoms with E-state index >= 15 is 0 Å². The van der Waals surface area contributed by atoms with E-state index in [1.165, 1.54) is 0 Å². The number of nitrogens with one attached hydrogen (secondary N) is 2. The van der Waals surface area contributed by atoms with E-state index in [4.69, 9.17) is 9.47 Å². The second-order valence-electron chi connectivity index (χ2n) is 11.0. The number of methoxy groups -OCH3 is 2. The molecule has 2 aromatic rings. The molecule has 2 amide bonds. The first-order chi connectivity index (χ1) is 18.2. The zero-order valence-electron chi connectivity index (χ0n) is 23.9. The van der Waals surface area contributed by atoms with Crippen molar-refractivity contribution in [1.29, 1.82) is 0 Å². The van der Waals surface area contributed by atoms with Crippen molar-refractivity contribution in [3.05, 3.63) is 53.6 Å². The number of benzene rings is 2. The number of hydrogen-bond acceptors (Lipinski definition) is 5. The summed E-state index contributed by atoms with van der Waals surface area (Å²) in [4.78, 5) is 27.6. The van der Waals surface area contributed by atoms with Gasteiger partial charge in [0.15, 0.2) is 0 Å². The summed E-state index contributed by atoms with van der Waals surface area (Å²) >= 11 is 0. The summed E-state index contributed by atoms with van der Waals surface area (Å²) in [6.07, 6.45) is 4.84. The number of aryl methyl sites for hydroxylation is 1. The highest BCUT2D eigenvalue weighted by Crippen LogP contribution is 2.36. The minimum atomic E-state index is -0.297. The number of ether oxygens (including phenoxy) is 2. The highest BCUT2D eigenvalue weighted by atomic mass is 16.5. The summed E-state index contributed by atoms with van der Waals surface area (Å²) in [5.41, 5.74) is 4.58. The fourth-order valence-corrected chi connectivity index (χ4v) is 5.33. The number of nitrogens with zero attached hydrogens (tertiary/aromatic N) is 1. The molecule has 0 bridgehead atoms. The van der Waals surface area contributed by atoms with Gasteiger partial charge in [-0.15, -0.1) is 0 Å². The molecule has 7 heteroatoms. The van der Waals surface area contributed by atoms with E-state index in [1.54, 1.807) is 21.1 Å². The van der Waals surface area contributed by atoms with E-state index in [9.17, 15) is 9.59 Å². The van der Waals surface area contributed by atoms with Crippen molar-refractivity contribution in [3.63, 3.8) is 0 Å². The van der Waals surface area contributed by atoms with Gasteiger partial charge in [-0.2, -0.15) is 0 Å². The van der Waals surface area contributed by atoms with Crippen molar-refractivity contribution in [2.24, 2.45) is 5.92 Å². The number of carbonyl (C=O) groups is 2. The molecule has 0 aliphatic heterocycles. The first-order valence-corrected chi connectivity index (χ1v) is 13.8. The van der Waals surface area contributed by atoms with Crippen molar-refractivity contribution in [3.8, 4) is 0 Å². The van der Waals surface area contributed by atoms with E-state index in [0.29, 0.717) is 31.1 Å². The molecule has 208 valence electrons. The van der Waals surface area contributed by atoms with Crippen LogP contribution in [0.4, 0.5) is 21.9 Å². The topological polar surface area (TPSA) is 79.9 Å². The van der Waals surface area contributed by atoms with Crippen LogP contribution in [0.15, 0.2) is 42.5 Å². The lowest BCUT2D eigenvalue weighted by Crippen LogP contribution is -2.42. The third-order valence-electron chi connectivity index (χ3n) is 7.24. The highest BCUT2D eigenvalue weighted by molar-refractivity contribution is 6.02. The van der Waals surface area contributed by atoms with Gasteiger partial charge in [-0.05, 0) is 75.3 Å². The van der Waals surface area contributed by atoms with Crippen LogP contribution in [0.5, 0.6) is 0 Å². The van der Waals surface area contributed by atoms with E-state index in [-0.39, 0.29) is 17.7 Å². The maximum absolute atomic E-state index is 13.2. The standard InChI is InChI=1S/C31H45N3O4/c1-21(2)19-34(27-12-14-28(38-6)15-13-27)30-16-9-24(25(20-37-5)17-23(4)35)18-29(30)33-31(36)32-26-10-7-22(3)8-11-26/h7-11,16,18,21,25,27-28H,12-15,17,19-20H2,1-6H3,(H2,32,33,36). The Bertz CT molecular complexity index is 1050. The lowest BCUT2D eigenvalue weighted by Gasteiger charge is -2.40. The third kappa shape index (κ3) is 8.57. The second kappa shape index (κ2) is 14.3. The summed E-state index contributed by atoms with van der Waals surface area (Å²) in [6.45, 7) is 9.38. The molecule has 0 spiro atoms. The van der Waals surface area contributed by atoms with Crippen LogP contribution in [0.2, 0.25) is 0 Å². The molecule has 1 atom stereocenters. The Hall–Kier alpha value is -2.90. The number of urea groups is 1. The average molecular weight is 524 g/mol. The van der Waals surface area contributed by atoms with Crippen LogP contribution in [-0.2, 0) is 14.3 Å². The van der Waals surface area contributed by atoms with Gasteiger partial charge in [-0.1, -0.05) is 37.6 Å². The SMILES string of the molecule is COCC(CC(C)=O)c1ccc(N(CC(C)C)C2CCC(OC)CC2)c(NC(=O)Nc2ccc(C)cc2)c1. The van der Waals surface area contributed by atoms with Gasteiger partial charge in [-0.3, -0.25) is 0 Å². The molecule has 1 aliphatic carbocycles. The van der Waals surface area contributed by atoms with Crippen LogP contribution in [0.1, 0.15) is 69.9 Å². The van der Waals surface area contributed by atoms with E-state index in [2.05, 4.69) is 41.5 Å². The minimum Gasteiger partial charge on any atom is -0.384 e. The minimum absolute atomic E-state index is 0.0806. The molecule has 7 nitrogen and oxygen atoms in total. The van der Waals surface area contributed by atoms with Gasteiger partial charge >= 0.3 is 6.03 Å². The Kier molecular flexibility index (Phi) is 11.2. The molecule has 2 aromatic carbocycles.